The van der Waals surface area contributed by atoms with E-state index >= 15 is 0 Å². The van der Waals surface area contributed by atoms with Gasteiger partial charge in [0.05, 0.1) is 23.6 Å². The molecule has 4 rings (SSSR count). The fourth-order valence-electron chi connectivity index (χ4n) is 4.24. The number of alkyl halides is 2. The van der Waals surface area contributed by atoms with Gasteiger partial charge in [0.15, 0.2) is 5.82 Å². The van der Waals surface area contributed by atoms with Crippen LogP contribution in [0.2, 0.25) is 5.02 Å². The summed E-state index contributed by atoms with van der Waals surface area (Å²) < 4.78 is 42.7. The van der Waals surface area contributed by atoms with E-state index in [0.29, 0.717) is 61.9 Å². The van der Waals surface area contributed by atoms with E-state index < -0.39 is 17.7 Å². The van der Waals surface area contributed by atoms with Crippen LogP contribution in [-0.2, 0) is 6.54 Å². The van der Waals surface area contributed by atoms with Crippen LogP contribution in [0.1, 0.15) is 31.5 Å². The van der Waals surface area contributed by atoms with Gasteiger partial charge in [-0.2, -0.15) is 0 Å². The quantitative estimate of drug-likeness (QED) is 0.812. The summed E-state index contributed by atoms with van der Waals surface area (Å²) in [5.41, 5.74) is 0.744. The Kier molecular flexibility index (Phi) is 5.36. The molecule has 1 aromatic heterocycles. The van der Waals surface area contributed by atoms with Gasteiger partial charge in [-0.05, 0) is 25.0 Å². The lowest BCUT2D eigenvalue weighted by Crippen LogP contribution is -2.50. The normalized spacial score (nSPS) is 20.7. The molecule has 4 nitrogen and oxygen atoms in total. The van der Waals surface area contributed by atoms with Gasteiger partial charge in [-0.3, -0.25) is 9.80 Å². The van der Waals surface area contributed by atoms with Gasteiger partial charge in [0.25, 0.3) is 5.92 Å². The van der Waals surface area contributed by atoms with E-state index in [0.717, 1.165) is 12.8 Å². The molecule has 2 aliphatic rings. The molecule has 1 saturated heterocycles. The number of aromatic nitrogens is 2. The molecule has 0 spiro atoms. The minimum atomic E-state index is -2.59. The summed E-state index contributed by atoms with van der Waals surface area (Å²) in [4.78, 5) is 11.4. The number of nitrogens with zero attached hydrogens (tertiary/aromatic N) is 3. The van der Waals surface area contributed by atoms with Crippen LogP contribution < -0.4 is 0 Å². The molecule has 0 unspecified atom stereocenters. The van der Waals surface area contributed by atoms with E-state index in [1.165, 1.54) is 12.1 Å². The number of aromatic amines is 1. The van der Waals surface area contributed by atoms with Crippen molar-refractivity contribution < 1.29 is 13.2 Å². The molecule has 2 aromatic rings. The van der Waals surface area contributed by atoms with Crippen molar-refractivity contribution in [2.24, 2.45) is 5.92 Å². The van der Waals surface area contributed by atoms with Crippen molar-refractivity contribution >= 4 is 22.6 Å². The van der Waals surface area contributed by atoms with E-state index in [9.17, 15) is 13.2 Å². The van der Waals surface area contributed by atoms with E-state index in [2.05, 4.69) is 14.9 Å². The molecule has 0 radical (unpaired) electrons. The van der Waals surface area contributed by atoms with Crippen LogP contribution in [0.4, 0.5) is 13.2 Å². The Balaban J connectivity index is 1.33. The highest BCUT2D eigenvalue weighted by Crippen LogP contribution is 2.38. The Hall–Kier alpha value is -1.31. The molecule has 2 fully saturated rings. The highest BCUT2D eigenvalue weighted by Gasteiger charge is 2.42. The van der Waals surface area contributed by atoms with Gasteiger partial charge in [0.1, 0.15) is 11.3 Å². The number of benzene rings is 1. The molecule has 27 heavy (non-hydrogen) atoms. The lowest BCUT2D eigenvalue weighted by atomic mass is 9.99. The summed E-state index contributed by atoms with van der Waals surface area (Å²) in [6, 6.07) is 2.81. The first-order valence-corrected chi connectivity index (χ1v) is 9.95. The monoisotopic (exact) mass is 400 g/mol. The Bertz CT molecular complexity index is 757. The minimum absolute atomic E-state index is 0.142. The maximum Gasteiger partial charge on any atom is 0.263 e. The van der Waals surface area contributed by atoms with Gasteiger partial charge in [-0.1, -0.05) is 24.4 Å². The highest BCUT2D eigenvalue weighted by molar-refractivity contribution is 6.34. The molecule has 1 aliphatic heterocycles. The summed E-state index contributed by atoms with van der Waals surface area (Å²) in [5, 5.41) is 0.434. The third kappa shape index (κ3) is 4.10. The smallest absolute Gasteiger partial charge is 0.263 e. The van der Waals surface area contributed by atoms with E-state index in [1.54, 1.807) is 0 Å². The summed E-state index contributed by atoms with van der Waals surface area (Å²) in [6.45, 7) is 2.98. The fraction of sp³-hybridized carbons (Fsp3) is 0.632. The van der Waals surface area contributed by atoms with E-state index in [4.69, 9.17) is 11.6 Å². The molecule has 1 N–H and O–H groups in total. The first-order valence-electron chi connectivity index (χ1n) is 9.57. The second-order valence-electron chi connectivity index (χ2n) is 7.73. The maximum absolute atomic E-state index is 14.4. The number of imidazole rings is 1. The zero-order valence-electron chi connectivity index (χ0n) is 15.2. The van der Waals surface area contributed by atoms with Crippen molar-refractivity contribution in [3.63, 3.8) is 0 Å². The SMILES string of the molecule is Fc1ccc(Cl)c2[nH]c(CN3CCN(CC(F)(F)C4CCCC4)CC3)nc12. The Labute approximate surface area is 161 Å². The second-order valence-corrected chi connectivity index (χ2v) is 8.14. The van der Waals surface area contributed by atoms with E-state index in [1.807, 2.05) is 4.90 Å². The molecule has 8 heteroatoms. The maximum atomic E-state index is 14.4. The lowest BCUT2D eigenvalue weighted by molar-refractivity contribution is -0.0862. The number of hydrogen-bond acceptors (Lipinski definition) is 3. The number of nitrogens with one attached hydrogen (secondary N) is 1. The fourth-order valence-corrected chi connectivity index (χ4v) is 4.44. The number of rotatable bonds is 5. The topological polar surface area (TPSA) is 35.2 Å². The van der Waals surface area contributed by atoms with Crippen LogP contribution in [0, 0.1) is 11.7 Å². The van der Waals surface area contributed by atoms with Crippen molar-refractivity contribution in [3.05, 3.63) is 28.8 Å². The van der Waals surface area contributed by atoms with Crippen LogP contribution in [0.15, 0.2) is 12.1 Å². The molecule has 1 aliphatic carbocycles. The van der Waals surface area contributed by atoms with Crippen molar-refractivity contribution in [3.8, 4) is 0 Å². The van der Waals surface area contributed by atoms with Gasteiger partial charge in [0, 0.05) is 32.1 Å². The second kappa shape index (κ2) is 7.60. The molecule has 148 valence electrons. The van der Waals surface area contributed by atoms with Crippen LogP contribution in [0.25, 0.3) is 11.0 Å². The molecular formula is C19H24ClF3N4. The number of halogens is 4. The first kappa shape index (κ1) is 19.0. The predicted octanol–water partition coefficient (Wildman–Crippen LogP) is 4.30. The van der Waals surface area contributed by atoms with Gasteiger partial charge < -0.3 is 4.98 Å². The standard InChI is InChI=1S/C19H24ClF3N4/c20-14-5-6-15(21)18-17(14)24-16(25-18)11-26-7-9-27(10-8-26)12-19(22,23)13-3-1-2-4-13/h5-6,13H,1-4,7-12H2,(H,24,25). The Morgan fingerprint density at radius 2 is 1.78 bits per heavy atom. The number of H-pyrrole nitrogens is 1. The zero-order chi connectivity index (χ0) is 19.0. The average molecular weight is 401 g/mol. The summed E-state index contributed by atoms with van der Waals surface area (Å²) in [6.07, 6.45) is 3.16. The number of fused-ring (bicyclic) bond motifs is 1. The Morgan fingerprint density at radius 1 is 1.11 bits per heavy atom. The summed E-state index contributed by atoms with van der Waals surface area (Å²) in [5.74, 6) is -2.81. The van der Waals surface area contributed by atoms with Gasteiger partial charge >= 0.3 is 0 Å². The van der Waals surface area contributed by atoms with Crippen molar-refractivity contribution in [2.45, 2.75) is 38.2 Å². The summed E-state index contributed by atoms with van der Waals surface area (Å²) in [7, 11) is 0. The third-order valence-corrected chi connectivity index (χ3v) is 6.13. The van der Waals surface area contributed by atoms with E-state index in [-0.39, 0.29) is 12.1 Å². The third-order valence-electron chi connectivity index (χ3n) is 5.82. The molecule has 0 atom stereocenters. The van der Waals surface area contributed by atoms with Gasteiger partial charge in [-0.15, -0.1) is 0 Å². The molecule has 0 bridgehead atoms. The molecule has 1 aromatic carbocycles. The van der Waals surface area contributed by atoms with Crippen molar-refractivity contribution in [1.82, 2.24) is 19.8 Å². The Morgan fingerprint density at radius 3 is 2.44 bits per heavy atom. The highest BCUT2D eigenvalue weighted by atomic mass is 35.5. The largest absolute Gasteiger partial charge is 0.340 e. The lowest BCUT2D eigenvalue weighted by Gasteiger charge is -2.37. The summed E-state index contributed by atoms with van der Waals surface area (Å²) >= 11 is 6.09. The molecule has 1 saturated carbocycles. The number of hydrogen-bond donors (Lipinski definition) is 1. The van der Waals surface area contributed by atoms with Gasteiger partial charge in [-0.25, -0.2) is 18.2 Å². The van der Waals surface area contributed by atoms with Crippen LogP contribution in [0.5, 0.6) is 0 Å². The van der Waals surface area contributed by atoms with Crippen molar-refractivity contribution in [1.29, 1.82) is 0 Å². The van der Waals surface area contributed by atoms with Gasteiger partial charge in [0.2, 0.25) is 0 Å². The first-order chi connectivity index (χ1) is 12.9. The average Bonchev–Trinajstić information content (AvgIpc) is 3.30. The molecule has 0 amide bonds. The predicted molar refractivity (Wildman–Crippen MR) is 99.7 cm³/mol. The molecule has 2 heterocycles. The molecular weight excluding hydrogens is 377 g/mol. The van der Waals surface area contributed by atoms with Crippen molar-refractivity contribution in [2.75, 3.05) is 32.7 Å². The van der Waals surface area contributed by atoms with Crippen LogP contribution in [-0.4, -0.2) is 58.4 Å². The zero-order valence-corrected chi connectivity index (χ0v) is 15.9. The van der Waals surface area contributed by atoms with Crippen LogP contribution >= 0.6 is 11.6 Å². The minimum Gasteiger partial charge on any atom is -0.340 e. The van der Waals surface area contributed by atoms with Crippen LogP contribution in [0.3, 0.4) is 0 Å². The number of piperazine rings is 1.